The number of benzene rings is 1. The van der Waals surface area contributed by atoms with Crippen molar-refractivity contribution < 1.29 is 4.43 Å². The van der Waals surface area contributed by atoms with Crippen LogP contribution in [0.4, 0.5) is 0 Å². The third kappa shape index (κ3) is 3.33. The van der Waals surface area contributed by atoms with E-state index in [-0.39, 0.29) is 0 Å². The fraction of sp³-hybridized carbons (Fsp3) is 0.455. The summed E-state index contributed by atoms with van der Waals surface area (Å²) < 4.78 is 5.38. The fourth-order valence-corrected chi connectivity index (χ4v) is 1.70. The molecule has 0 bridgehead atoms. The number of hydrogen-bond donors (Lipinski definition) is 0. The zero-order chi connectivity index (χ0) is 9.68. The summed E-state index contributed by atoms with van der Waals surface area (Å²) in [6, 6.07) is 10.6. The van der Waals surface area contributed by atoms with Gasteiger partial charge >= 0.3 is 0 Å². The van der Waals surface area contributed by atoms with E-state index in [2.05, 4.69) is 44.2 Å². The standard InChI is InChI=1S/C11H18OSi/c1-9(8-10(2)12-13)11-6-4-3-5-7-11/h3-7,9-10H,8H2,1-2,13H3. The average Bonchev–Trinajstić information content (AvgIpc) is 2.19. The molecule has 2 atom stereocenters. The van der Waals surface area contributed by atoms with E-state index < -0.39 is 0 Å². The third-order valence-corrected chi connectivity index (χ3v) is 3.26. The van der Waals surface area contributed by atoms with E-state index in [1.54, 1.807) is 0 Å². The Labute approximate surface area is 83.7 Å². The van der Waals surface area contributed by atoms with Crippen molar-refractivity contribution in [2.75, 3.05) is 0 Å². The van der Waals surface area contributed by atoms with Crippen LogP contribution in [0.25, 0.3) is 0 Å². The van der Waals surface area contributed by atoms with E-state index in [0.29, 0.717) is 12.0 Å². The third-order valence-electron chi connectivity index (χ3n) is 2.46. The van der Waals surface area contributed by atoms with E-state index in [9.17, 15) is 0 Å². The van der Waals surface area contributed by atoms with Crippen molar-refractivity contribution in [1.82, 2.24) is 0 Å². The molecule has 0 aliphatic heterocycles. The molecular weight excluding hydrogens is 176 g/mol. The van der Waals surface area contributed by atoms with Gasteiger partial charge in [0.25, 0.3) is 0 Å². The zero-order valence-electron chi connectivity index (χ0n) is 8.66. The van der Waals surface area contributed by atoms with Crippen molar-refractivity contribution >= 4 is 10.5 Å². The van der Waals surface area contributed by atoms with Crippen LogP contribution in [-0.4, -0.2) is 16.6 Å². The van der Waals surface area contributed by atoms with Crippen molar-refractivity contribution in [1.29, 1.82) is 0 Å². The van der Waals surface area contributed by atoms with Crippen molar-refractivity contribution in [3.63, 3.8) is 0 Å². The normalized spacial score (nSPS) is 15.5. The molecule has 0 fully saturated rings. The summed E-state index contributed by atoms with van der Waals surface area (Å²) in [6.45, 7) is 4.40. The van der Waals surface area contributed by atoms with E-state index in [1.807, 2.05) is 0 Å². The highest BCUT2D eigenvalue weighted by molar-refractivity contribution is 5.98. The Morgan fingerprint density at radius 2 is 1.85 bits per heavy atom. The second kappa shape index (κ2) is 5.20. The van der Waals surface area contributed by atoms with Gasteiger partial charge in [0.05, 0.1) is 0 Å². The molecule has 1 rings (SSSR count). The molecule has 72 valence electrons. The first-order valence-corrected chi connectivity index (χ1v) is 5.63. The van der Waals surface area contributed by atoms with Crippen molar-refractivity contribution in [2.45, 2.75) is 32.3 Å². The first kappa shape index (κ1) is 10.5. The van der Waals surface area contributed by atoms with Crippen LogP contribution in [0, 0.1) is 0 Å². The number of hydrogen-bond acceptors (Lipinski definition) is 1. The van der Waals surface area contributed by atoms with E-state index >= 15 is 0 Å². The van der Waals surface area contributed by atoms with E-state index in [4.69, 9.17) is 4.43 Å². The molecule has 0 aliphatic rings. The quantitative estimate of drug-likeness (QED) is 0.665. The Hall–Kier alpha value is -0.603. The molecule has 1 aromatic carbocycles. The van der Waals surface area contributed by atoms with Crippen LogP contribution in [0.2, 0.25) is 0 Å². The molecule has 0 radical (unpaired) electrons. The first-order chi connectivity index (χ1) is 6.24. The average molecular weight is 194 g/mol. The lowest BCUT2D eigenvalue weighted by molar-refractivity contribution is 0.222. The molecule has 0 heterocycles. The Balaban J connectivity index is 2.53. The van der Waals surface area contributed by atoms with Crippen LogP contribution in [0.3, 0.4) is 0 Å². The summed E-state index contributed by atoms with van der Waals surface area (Å²) in [5, 5.41) is 0. The lowest BCUT2D eigenvalue weighted by Gasteiger charge is -2.16. The number of rotatable bonds is 4. The topological polar surface area (TPSA) is 9.23 Å². The van der Waals surface area contributed by atoms with Gasteiger partial charge in [0, 0.05) is 6.10 Å². The fourth-order valence-electron chi connectivity index (χ4n) is 1.51. The van der Waals surface area contributed by atoms with Gasteiger partial charge in [-0.1, -0.05) is 37.3 Å². The predicted molar refractivity (Wildman–Crippen MR) is 60.0 cm³/mol. The molecule has 0 spiro atoms. The summed E-state index contributed by atoms with van der Waals surface area (Å²) in [5.41, 5.74) is 1.41. The van der Waals surface area contributed by atoms with Crippen LogP contribution >= 0.6 is 0 Å². The SMILES string of the molecule is CC(CC(C)c1ccccc1)O[SiH3]. The second-order valence-corrected chi connectivity index (χ2v) is 4.07. The molecule has 0 aromatic heterocycles. The zero-order valence-corrected chi connectivity index (χ0v) is 10.7. The molecule has 0 N–H and O–H groups in total. The molecule has 0 saturated heterocycles. The molecule has 0 amide bonds. The maximum Gasteiger partial charge on any atom is 0.146 e. The molecule has 13 heavy (non-hydrogen) atoms. The molecular formula is C11H18OSi. The van der Waals surface area contributed by atoms with Gasteiger partial charge in [-0.05, 0) is 24.8 Å². The highest BCUT2D eigenvalue weighted by Crippen LogP contribution is 2.20. The Kier molecular flexibility index (Phi) is 4.19. The largest absolute Gasteiger partial charge is 0.425 e. The monoisotopic (exact) mass is 194 g/mol. The molecule has 2 unspecified atom stereocenters. The minimum absolute atomic E-state index is 0.405. The highest BCUT2D eigenvalue weighted by Gasteiger charge is 2.08. The second-order valence-electron chi connectivity index (χ2n) is 3.59. The molecule has 1 aromatic rings. The van der Waals surface area contributed by atoms with Crippen LogP contribution < -0.4 is 0 Å². The van der Waals surface area contributed by atoms with Crippen molar-refractivity contribution in [3.05, 3.63) is 35.9 Å². The maximum absolute atomic E-state index is 5.38. The van der Waals surface area contributed by atoms with Gasteiger partial charge in [-0.3, -0.25) is 0 Å². The summed E-state index contributed by atoms with van der Waals surface area (Å²) >= 11 is 0. The lowest BCUT2D eigenvalue weighted by atomic mass is 9.96. The molecule has 0 saturated carbocycles. The van der Waals surface area contributed by atoms with Crippen LogP contribution in [0.15, 0.2) is 30.3 Å². The van der Waals surface area contributed by atoms with Crippen LogP contribution in [-0.2, 0) is 4.43 Å². The van der Waals surface area contributed by atoms with Gasteiger partial charge in [-0.15, -0.1) is 0 Å². The summed E-state index contributed by atoms with van der Waals surface area (Å²) in [4.78, 5) is 0. The molecule has 0 aliphatic carbocycles. The Bertz CT molecular complexity index is 235. The summed E-state index contributed by atoms with van der Waals surface area (Å²) in [7, 11) is 0.841. The lowest BCUT2D eigenvalue weighted by Crippen LogP contribution is -2.09. The van der Waals surface area contributed by atoms with Crippen LogP contribution in [0.1, 0.15) is 31.7 Å². The molecule has 2 heteroatoms. The molecule has 1 nitrogen and oxygen atoms in total. The predicted octanol–water partition coefficient (Wildman–Crippen LogP) is 1.87. The summed E-state index contributed by atoms with van der Waals surface area (Å²) in [5.74, 6) is 0.602. The highest BCUT2D eigenvalue weighted by atomic mass is 28.2. The van der Waals surface area contributed by atoms with Gasteiger partial charge in [-0.25, -0.2) is 0 Å². The van der Waals surface area contributed by atoms with Gasteiger partial charge < -0.3 is 4.43 Å². The minimum Gasteiger partial charge on any atom is -0.425 e. The summed E-state index contributed by atoms with van der Waals surface area (Å²) in [6.07, 6.45) is 1.52. The van der Waals surface area contributed by atoms with Crippen molar-refractivity contribution in [3.8, 4) is 0 Å². The Morgan fingerprint density at radius 3 is 2.38 bits per heavy atom. The maximum atomic E-state index is 5.38. The van der Waals surface area contributed by atoms with E-state index in [0.717, 1.165) is 16.9 Å². The van der Waals surface area contributed by atoms with Gasteiger partial charge in [0.1, 0.15) is 10.5 Å². The Morgan fingerprint density at radius 1 is 1.23 bits per heavy atom. The van der Waals surface area contributed by atoms with E-state index in [1.165, 1.54) is 5.56 Å². The van der Waals surface area contributed by atoms with Crippen LogP contribution in [0.5, 0.6) is 0 Å². The van der Waals surface area contributed by atoms with Gasteiger partial charge in [-0.2, -0.15) is 0 Å². The van der Waals surface area contributed by atoms with Crippen molar-refractivity contribution in [2.24, 2.45) is 0 Å². The minimum atomic E-state index is 0.405. The smallest absolute Gasteiger partial charge is 0.146 e. The first-order valence-electron chi connectivity index (χ1n) is 4.81. The van der Waals surface area contributed by atoms with Gasteiger partial charge in [0.2, 0.25) is 0 Å². The van der Waals surface area contributed by atoms with Gasteiger partial charge in [0.15, 0.2) is 0 Å².